The highest BCUT2D eigenvalue weighted by molar-refractivity contribution is 6.30. The number of hydrogen-bond donors (Lipinski definition) is 1. The Hall–Kier alpha value is -1.63. The van der Waals surface area contributed by atoms with Crippen LogP contribution in [0.5, 0.6) is 0 Å². The standard InChI is InChI=1S/C16H18ClN3O3.ClH/c17-13-5-1-3-11(9-13)15-18-14(23-19-15)6-8-20-7-2-4-12(10-20)16(21)22;/h1,3,5,9,12H,2,4,6-8,10H2,(H,21,22);1H. The molecule has 0 bridgehead atoms. The van der Waals surface area contributed by atoms with Crippen molar-refractivity contribution in [2.45, 2.75) is 19.3 Å². The third-order valence-electron chi connectivity index (χ3n) is 4.05. The van der Waals surface area contributed by atoms with Gasteiger partial charge in [0.05, 0.1) is 5.92 Å². The van der Waals surface area contributed by atoms with Crippen LogP contribution in [0.3, 0.4) is 0 Å². The zero-order chi connectivity index (χ0) is 16.2. The van der Waals surface area contributed by atoms with Gasteiger partial charge in [-0.25, -0.2) is 0 Å². The van der Waals surface area contributed by atoms with Crippen LogP contribution >= 0.6 is 24.0 Å². The van der Waals surface area contributed by atoms with Crippen LogP contribution in [0.2, 0.25) is 5.02 Å². The molecule has 1 saturated heterocycles. The van der Waals surface area contributed by atoms with E-state index in [9.17, 15) is 4.79 Å². The van der Waals surface area contributed by atoms with Crippen molar-refractivity contribution in [2.24, 2.45) is 5.92 Å². The normalized spacial score (nSPS) is 18.1. The number of nitrogens with zero attached hydrogens (tertiary/aromatic N) is 3. The number of aromatic nitrogens is 2. The third kappa shape index (κ3) is 4.69. The Labute approximate surface area is 151 Å². The molecule has 1 aromatic carbocycles. The maximum Gasteiger partial charge on any atom is 0.307 e. The second-order valence-corrected chi connectivity index (χ2v) is 6.19. The van der Waals surface area contributed by atoms with E-state index in [1.165, 1.54) is 0 Å². The number of hydrogen-bond acceptors (Lipinski definition) is 5. The second-order valence-electron chi connectivity index (χ2n) is 5.75. The summed E-state index contributed by atoms with van der Waals surface area (Å²) in [4.78, 5) is 17.6. The minimum atomic E-state index is -0.712. The van der Waals surface area contributed by atoms with Gasteiger partial charge in [-0.1, -0.05) is 28.9 Å². The first kappa shape index (κ1) is 18.7. The Bertz CT molecular complexity index is 693. The Morgan fingerprint density at radius 1 is 1.46 bits per heavy atom. The molecule has 1 fully saturated rings. The van der Waals surface area contributed by atoms with Gasteiger partial charge < -0.3 is 14.5 Å². The zero-order valence-electron chi connectivity index (χ0n) is 13.0. The van der Waals surface area contributed by atoms with Crippen molar-refractivity contribution in [2.75, 3.05) is 19.6 Å². The smallest absolute Gasteiger partial charge is 0.307 e. The maximum atomic E-state index is 11.1. The van der Waals surface area contributed by atoms with E-state index < -0.39 is 5.97 Å². The van der Waals surface area contributed by atoms with Gasteiger partial charge in [-0.3, -0.25) is 4.79 Å². The molecule has 2 heterocycles. The van der Waals surface area contributed by atoms with E-state index >= 15 is 0 Å². The summed E-state index contributed by atoms with van der Waals surface area (Å²) in [6.45, 7) is 2.23. The molecule has 1 aliphatic rings. The molecule has 1 aliphatic heterocycles. The quantitative estimate of drug-likeness (QED) is 0.869. The number of carboxylic acid groups (broad SMARTS) is 1. The zero-order valence-corrected chi connectivity index (χ0v) is 14.6. The van der Waals surface area contributed by atoms with Crippen LogP contribution in [0.15, 0.2) is 28.8 Å². The van der Waals surface area contributed by atoms with E-state index in [4.69, 9.17) is 21.2 Å². The fourth-order valence-electron chi connectivity index (χ4n) is 2.82. The molecule has 1 atom stereocenters. The fourth-order valence-corrected chi connectivity index (χ4v) is 3.01. The largest absolute Gasteiger partial charge is 0.481 e. The van der Waals surface area contributed by atoms with Crippen LogP contribution in [0, 0.1) is 5.92 Å². The number of carboxylic acids is 1. The number of likely N-dealkylation sites (tertiary alicyclic amines) is 1. The predicted molar refractivity (Wildman–Crippen MR) is 92.5 cm³/mol. The first-order valence-electron chi connectivity index (χ1n) is 7.65. The van der Waals surface area contributed by atoms with Crippen molar-refractivity contribution < 1.29 is 14.4 Å². The molecule has 0 saturated carbocycles. The van der Waals surface area contributed by atoms with Crippen molar-refractivity contribution in [3.8, 4) is 11.4 Å². The molecular weight excluding hydrogens is 353 g/mol. The van der Waals surface area contributed by atoms with E-state index in [2.05, 4.69) is 15.0 Å². The number of carbonyl (C=O) groups is 1. The topological polar surface area (TPSA) is 79.5 Å². The first-order chi connectivity index (χ1) is 11.1. The van der Waals surface area contributed by atoms with Crippen molar-refractivity contribution in [3.63, 3.8) is 0 Å². The number of benzene rings is 1. The highest BCUT2D eigenvalue weighted by Gasteiger charge is 2.25. The van der Waals surface area contributed by atoms with Gasteiger partial charge in [0.15, 0.2) is 0 Å². The minimum absolute atomic E-state index is 0. The molecule has 8 heteroatoms. The number of piperidine rings is 1. The van der Waals surface area contributed by atoms with Gasteiger partial charge in [-0.15, -0.1) is 12.4 Å². The van der Waals surface area contributed by atoms with Gasteiger partial charge in [-0.05, 0) is 31.5 Å². The molecule has 130 valence electrons. The maximum absolute atomic E-state index is 11.1. The first-order valence-corrected chi connectivity index (χ1v) is 8.03. The molecular formula is C16H19Cl2N3O3. The van der Waals surface area contributed by atoms with Crippen LogP contribution in [0.25, 0.3) is 11.4 Å². The molecule has 1 unspecified atom stereocenters. The van der Waals surface area contributed by atoms with E-state index in [0.29, 0.717) is 29.7 Å². The monoisotopic (exact) mass is 371 g/mol. The Kier molecular flexibility index (Phi) is 6.60. The fraction of sp³-hybridized carbons (Fsp3) is 0.438. The summed E-state index contributed by atoms with van der Waals surface area (Å²) in [5, 5.41) is 13.7. The Morgan fingerprint density at radius 3 is 3.04 bits per heavy atom. The number of aliphatic carboxylic acids is 1. The van der Waals surface area contributed by atoms with Gasteiger partial charge in [0, 0.05) is 30.1 Å². The predicted octanol–water partition coefficient (Wildman–Crippen LogP) is 3.15. The minimum Gasteiger partial charge on any atom is -0.481 e. The molecule has 6 nitrogen and oxygen atoms in total. The van der Waals surface area contributed by atoms with E-state index in [1.54, 1.807) is 12.1 Å². The number of halogens is 2. The lowest BCUT2D eigenvalue weighted by molar-refractivity contribution is -0.143. The summed E-state index contributed by atoms with van der Waals surface area (Å²) in [7, 11) is 0. The summed E-state index contributed by atoms with van der Waals surface area (Å²) in [6.07, 6.45) is 2.28. The van der Waals surface area contributed by atoms with Gasteiger partial charge in [0.1, 0.15) is 0 Å². The molecule has 0 amide bonds. The van der Waals surface area contributed by atoms with Crippen molar-refractivity contribution >= 4 is 30.0 Å². The molecule has 0 spiro atoms. The average molecular weight is 372 g/mol. The lowest BCUT2D eigenvalue weighted by atomic mass is 9.98. The highest BCUT2D eigenvalue weighted by atomic mass is 35.5. The van der Waals surface area contributed by atoms with Gasteiger partial charge in [0.2, 0.25) is 11.7 Å². The summed E-state index contributed by atoms with van der Waals surface area (Å²) in [5.74, 6) is 0.0890. The summed E-state index contributed by atoms with van der Waals surface area (Å²) in [6, 6.07) is 7.30. The molecule has 3 rings (SSSR count). The van der Waals surface area contributed by atoms with E-state index in [1.807, 2.05) is 12.1 Å². The Balaban J connectivity index is 0.00000208. The third-order valence-corrected chi connectivity index (χ3v) is 4.28. The van der Waals surface area contributed by atoms with Crippen molar-refractivity contribution in [1.82, 2.24) is 15.0 Å². The molecule has 1 N–H and O–H groups in total. The lowest BCUT2D eigenvalue weighted by Gasteiger charge is -2.30. The van der Waals surface area contributed by atoms with Gasteiger partial charge >= 0.3 is 5.97 Å². The summed E-state index contributed by atoms with van der Waals surface area (Å²) in [5.41, 5.74) is 0.816. The van der Waals surface area contributed by atoms with Gasteiger partial charge in [0.25, 0.3) is 0 Å². The lowest BCUT2D eigenvalue weighted by Crippen LogP contribution is -2.39. The number of rotatable bonds is 5. The van der Waals surface area contributed by atoms with Crippen LogP contribution in [0.4, 0.5) is 0 Å². The SMILES string of the molecule is Cl.O=C(O)C1CCCN(CCc2nc(-c3cccc(Cl)c3)no2)C1. The summed E-state index contributed by atoms with van der Waals surface area (Å²) >= 11 is 5.96. The molecule has 0 radical (unpaired) electrons. The molecule has 2 aromatic rings. The Morgan fingerprint density at radius 2 is 2.29 bits per heavy atom. The van der Waals surface area contributed by atoms with Crippen molar-refractivity contribution in [1.29, 1.82) is 0 Å². The summed E-state index contributed by atoms with van der Waals surface area (Å²) < 4.78 is 5.28. The average Bonchev–Trinajstić information content (AvgIpc) is 3.02. The molecule has 1 aromatic heterocycles. The van der Waals surface area contributed by atoms with Crippen LogP contribution in [-0.4, -0.2) is 45.8 Å². The molecule has 0 aliphatic carbocycles. The van der Waals surface area contributed by atoms with E-state index in [-0.39, 0.29) is 18.3 Å². The molecule has 24 heavy (non-hydrogen) atoms. The van der Waals surface area contributed by atoms with Crippen LogP contribution in [-0.2, 0) is 11.2 Å². The van der Waals surface area contributed by atoms with Gasteiger partial charge in [-0.2, -0.15) is 4.98 Å². The second kappa shape index (κ2) is 8.46. The van der Waals surface area contributed by atoms with Crippen LogP contribution < -0.4 is 0 Å². The van der Waals surface area contributed by atoms with Crippen molar-refractivity contribution in [3.05, 3.63) is 35.2 Å². The highest BCUT2D eigenvalue weighted by Crippen LogP contribution is 2.21. The van der Waals surface area contributed by atoms with Crippen LogP contribution in [0.1, 0.15) is 18.7 Å². The van der Waals surface area contributed by atoms with E-state index in [0.717, 1.165) is 31.5 Å².